The Morgan fingerprint density at radius 3 is 2.89 bits per heavy atom. The molecule has 18 heavy (non-hydrogen) atoms. The summed E-state index contributed by atoms with van der Waals surface area (Å²) in [6, 6.07) is -1.07. The number of aromatic nitrogens is 2. The molecule has 1 saturated heterocycles. The average molecular weight is 281 g/mol. The van der Waals surface area contributed by atoms with Crippen molar-refractivity contribution in [2.24, 2.45) is 0 Å². The molecule has 2 rings (SSSR count). The van der Waals surface area contributed by atoms with Crippen LogP contribution in [0.2, 0.25) is 0 Å². The third-order valence-electron chi connectivity index (χ3n) is 2.80. The Morgan fingerprint density at radius 1 is 1.67 bits per heavy atom. The van der Waals surface area contributed by atoms with E-state index in [-0.39, 0.29) is 18.4 Å². The summed E-state index contributed by atoms with van der Waals surface area (Å²) in [6.45, 7) is 1.33. The second-order valence-corrected chi connectivity index (χ2v) is 4.26. The Balaban J connectivity index is 0.00000162. The van der Waals surface area contributed by atoms with E-state index in [0.29, 0.717) is 0 Å². The molecule has 2 atom stereocenters. The van der Waals surface area contributed by atoms with Crippen LogP contribution in [0.25, 0.3) is 0 Å². The van der Waals surface area contributed by atoms with Gasteiger partial charge in [-0.25, -0.2) is 8.78 Å². The summed E-state index contributed by atoms with van der Waals surface area (Å²) in [5.41, 5.74) is 0.808. The summed E-state index contributed by atoms with van der Waals surface area (Å²) < 4.78 is 25.8. The van der Waals surface area contributed by atoms with Gasteiger partial charge in [0, 0.05) is 18.2 Å². The molecule has 0 aliphatic carbocycles. The van der Waals surface area contributed by atoms with Crippen molar-refractivity contribution < 1.29 is 13.6 Å². The van der Waals surface area contributed by atoms with Crippen LogP contribution in [0.15, 0.2) is 12.4 Å². The van der Waals surface area contributed by atoms with E-state index in [1.807, 2.05) is 0 Å². The molecule has 8 heteroatoms. The van der Waals surface area contributed by atoms with Gasteiger partial charge in [-0.3, -0.25) is 15.2 Å². The number of carbonyl (C=O) groups excluding carboxylic acids is 1. The largest absolute Gasteiger partial charge is 0.348 e. The summed E-state index contributed by atoms with van der Waals surface area (Å²) in [5.74, 6) is -3.20. The first kappa shape index (κ1) is 14.8. The number of H-pyrrole nitrogens is 1. The van der Waals surface area contributed by atoms with Gasteiger partial charge in [-0.1, -0.05) is 0 Å². The fourth-order valence-corrected chi connectivity index (χ4v) is 1.80. The van der Waals surface area contributed by atoms with Gasteiger partial charge in [0.1, 0.15) is 0 Å². The lowest BCUT2D eigenvalue weighted by Gasteiger charge is -2.15. The van der Waals surface area contributed by atoms with E-state index in [2.05, 4.69) is 20.8 Å². The summed E-state index contributed by atoms with van der Waals surface area (Å²) in [4.78, 5) is 11.7. The number of aromatic amines is 1. The standard InChI is InChI=1S/C10H14F2N4O.ClH/c1-6(7-3-14-15-4-7)16-9(17)8-2-10(11,12)5-13-8;/h3-4,6,8,13H,2,5H2,1H3,(H,14,15)(H,16,17);1H. The lowest BCUT2D eigenvalue weighted by Crippen LogP contribution is -2.41. The minimum absolute atomic E-state index is 0. The Labute approximate surface area is 109 Å². The smallest absolute Gasteiger partial charge is 0.262 e. The maximum Gasteiger partial charge on any atom is 0.262 e. The SMILES string of the molecule is CC(NC(=O)C1CC(F)(F)CN1)c1cn[nH]c1.Cl. The molecule has 2 unspecified atom stereocenters. The molecule has 1 aliphatic rings. The maximum absolute atomic E-state index is 12.9. The summed E-state index contributed by atoms with van der Waals surface area (Å²) in [7, 11) is 0. The van der Waals surface area contributed by atoms with E-state index in [4.69, 9.17) is 0 Å². The average Bonchev–Trinajstić information content (AvgIpc) is 2.86. The Kier molecular flexibility index (Phi) is 4.64. The van der Waals surface area contributed by atoms with E-state index >= 15 is 0 Å². The van der Waals surface area contributed by atoms with Gasteiger partial charge < -0.3 is 5.32 Å². The molecule has 1 fully saturated rings. The maximum atomic E-state index is 12.9. The monoisotopic (exact) mass is 280 g/mol. The first-order valence-corrected chi connectivity index (χ1v) is 5.38. The number of alkyl halides is 2. The highest BCUT2D eigenvalue weighted by atomic mass is 35.5. The molecule has 5 nitrogen and oxygen atoms in total. The van der Waals surface area contributed by atoms with E-state index < -0.39 is 30.8 Å². The molecule has 0 aromatic carbocycles. The molecule has 0 saturated carbocycles. The number of carbonyl (C=O) groups is 1. The third-order valence-corrected chi connectivity index (χ3v) is 2.80. The van der Waals surface area contributed by atoms with Gasteiger partial charge in [0.15, 0.2) is 0 Å². The molecule has 1 aliphatic heterocycles. The molecule has 0 spiro atoms. The predicted molar refractivity (Wildman–Crippen MR) is 63.7 cm³/mol. The number of halogens is 3. The second-order valence-electron chi connectivity index (χ2n) is 4.26. The van der Waals surface area contributed by atoms with Crippen molar-refractivity contribution in [1.82, 2.24) is 20.8 Å². The van der Waals surface area contributed by atoms with Crippen LogP contribution < -0.4 is 10.6 Å². The fourth-order valence-electron chi connectivity index (χ4n) is 1.80. The lowest BCUT2D eigenvalue weighted by atomic mass is 10.1. The fraction of sp³-hybridized carbons (Fsp3) is 0.600. The minimum Gasteiger partial charge on any atom is -0.348 e. The van der Waals surface area contributed by atoms with Crippen molar-refractivity contribution in [1.29, 1.82) is 0 Å². The van der Waals surface area contributed by atoms with Gasteiger partial charge in [0.25, 0.3) is 5.92 Å². The zero-order valence-corrected chi connectivity index (χ0v) is 10.6. The molecule has 102 valence electrons. The Bertz CT molecular complexity index is 399. The van der Waals surface area contributed by atoms with Crippen LogP contribution in [0.1, 0.15) is 24.9 Å². The van der Waals surface area contributed by atoms with E-state index in [9.17, 15) is 13.6 Å². The van der Waals surface area contributed by atoms with Gasteiger partial charge in [0.05, 0.1) is 24.8 Å². The normalized spacial score (nSPS) is 23.2. The van der Waals surface area contributed by atoms with Crippen LogP contribution in [0, 0.1) is 0 Å². The number of amides is 1. The number of rotatable bonds is 3. The van der Waals surface area contributed by atoms with Crippen LogP contribution in [0.3, 0.4) is 0 Å². The van der Waals surface area contributed by atoms with E-state index in [1.54, 1.807) is 19.3 Å². The molecule has 1 aromatic rings. The van der Waals surface area contributed by atoms with Gasteiger partial charge in [-0.2, -0.15) is 5.10 Å². The molecule has 2 heterocycles. The molecule has 3 N–H and O–H groups in total. The molecular weight excluding hydrogens is 266 g/mol. The Hall–Kier alpha value is -1.21. The van der Waals surface area contributed by atoms with Crippen LogP contribution in [0.4, 0.5) is 8.78 Å². The summed E-state index contributed by atoms with van der Waals surface area (Å²) >= 11 is 0. The number of nitrogens with zero attached hydrogens (tertiary/aromatic N) is 1. The highest BCUT2D eigenvalue weighted by Crippen LogP contribution is 2.25. The molecular formula is C10H15ClF2N4O. The van der Waals surface area contributed by atoms with Crippen molar-refractivity contribution in [2.45, 2.75) is 31.4 Å². The van der Waals surface area contributed by atoms with Gasteiger partial charge in [-0.05, 0) is 6.92 Å². The molecule has 1 amide bonds. The number of nitrogens with one attached hydrogen (secondary N) is 3. The van der Waals surface area contributed by atoms with E-state index in [1.165, 1.54) is 0 Å². The highest BCUT2D eigenvalue weighted by Gasteiger charge is 2.42. The van der Waals surface area contributed by atoms with Gasteiger partial charge in [-0.15, -0.1) is 12.4 Å². The first-order valence-electron chi connectivity index (χ1n) is 5.38. The second kappa shape index (κ2) is 5.62. The van der Waals surface area contributed by atoms with Gasteiger partial charge in [0.2, 0.25) is 5.91 Å². The van der Waals surface area contributed by atoms with Gasteiger partial charge >= 0.3 is 0 Å². The predicted octanol–water partition coefficient (Wildman–Crippen LogP) is 1.01. The van der Waals surface area contributed by atoms with Crippen LogP contribution in [-0.2, 0) is 4.79 Å². The molecule has 0 radical (unpaired) electrons. The summed E-state index contributed by atoms with van der Waals surface area (Å²) in [5, 5.41) is 11.6. The Morgan fingerprint density at radius 2 is 2.39 bits per heavy atom. The number of hydrogen-bond donors (Lipinski definition) is 3. The topological polar surface area (TPSA) is 69.8 Å². The highest BCUT2D eigenvalue weighted by molar-refractivity contribution is 5.85. The van der Waals surface area contributed by atoms with Crippen molar-refractivity contribution in [3.63, 3.8) is 0 Å². The van der Waals surface area contributed by atoms with Crippen molar-refractivity contribution in [3.05, 3.63) is 18.0 Å². The number of hydrogen-bond acceptors (Lipinski definition) is 3. The van der Waals surface area contributed by atoms with Crippen LogP contribution >= 0.6 is 12.4 Å². The minimum atomic E-state index is -2.79. The molecule has 1 aromatic heterocycles. The van der Waals surface area contributed by atoms with Crippen molar-refractivity contribution in [3.8, 4) is 0 Å². The third kappa shape index (κ3) is 3.39. The summed E-state index contributed by atoms with van der Waals surface area (Å²) in [6.07, 6.45) is 2.79. The zero-order chi connectivity index (χ0) is 12.5. The quantitative estimate of drug-likeness (QED) is 0.774. The van der Waals surface area contributed by atoms with E-state index in [0.717, 1.165) is 5.56 Å². The van der Waals surface area contributed by atoms with Crippen molar-refractivity contribution in [2.75, 3.05) is 6.54 Å². The zero-order valence-electron chi connectivity index (χ0n) is 9.74. The van der Waals surface area contributed by atoms with Crippen LogP contribution in [0.5, 0.6) is 0 Å². The van der Waals surface area contributed by atoms with Crippen molar-refractivity contribution >= 4 is 18.3 Å². The lowest BCUT2D eigenvalue weighted by molar-refractivity contribution is -0.124. The first-order chi connectivity index (χ1) is 7.98. The molecule has 0 bridgehead atoms. The van der Waals surface area contributed by atoms with Crippen LogP contribution in [-0.4, -0.2) is 34.6 Å².